The first-order valence-electron chi connectivity index (χ1n) is 10.5. The number of hydrogen-bond acceptors (Lipinski definition) is 5. The van der Waals surface area contributed by atoms with Crippen LogP contribution in [0, 0.1) is 5.92 Å². The predicted octanol–water partition coefficient (Wildman–Crippen LogP) is 0.274. The van der Waals surface area contributed by atoms with E-state index in [-0.39, 0.29) is 12.3 Å². The molecule has 0 radical (unpaired) electrons. The highest BCUT2D eigenvalue weighted by atomic mass is 16.4. The highest BCUT2D eigenvalue weighted by Crippen LogP contribution is 2.19. The zero-order chi connectivity index (χ0) is 23.8. The molecular weight excluding hydrogens is 414 g/mol. The minimum atomic E-state index is -1.19. The van der Waals surface area contributed by atoms with Crippen molar-refractivity contribution in [3.05, 3.63) is 36.0 Å². The molecule has 2 rings (SSSR count). The van der Waals surface area contributed by atoms with Crippen LogP contribution in [0.3, 0.4) is 0 Å². The molecule has 0 aliphatic rings. The maximum atomic E-state index is 13.0. The summed E-state index contributed by atoms with van der Waals surface area (Å²) in [7, 11) is 0. The Labute approximate surface area is 186 Å². The molecule has 2 aromatic rings. The number of hydrogen-bond donors (Lipinski definition) is 6. The van der Waals surface area contributed by atoms with Gasteiger partial charge in [0.2, 0.25) is 17.7 Å². The van der Waals surface area contributed by atoms with Gasteiger partial charge in [-0.25, -0.2) is 0 Å². The standard InChI is InChI=1S/C22H31N5O5/c1-12(2)8-16(23)21(31)27-18(9-14-10-24-17-7-5-4-6-15(14)17)22(32)26-13(3)20(30)25-11-19(28)29/h4-7,10,12-13,16,18,24H,8-9,11,23H2,1-3H3,(H,25,30)(H,26,32)(H,27,31)(H,28,29)/t13-,16+,18+/m1/s1. The first-order chi connectivity index (χ1) is 15.1. The number of nitrogens with one attached hydrogen (secondary N) is 4. The van der Waals surface area contributed by atoms with Gasteiger partial charge >= 0.3 is 5.97 Å². The maximum Gasteiger partial charge on any atom is 0.322 e. The predicted molar refractivity (Wildman–Crippen MR) is 120 cm³/mol. The molecule has 1 aromatic heterocycles. The zero-order valence-electron chi connectivity index (χ0n) is 18.5. The number of aromatic amines is 1. The Balaban J connectivity index is 2.17. The van der Waals surface area contributed by atoms with E-state index in [1.54, 1.807) is 6.20 Å². The van der Waals surface area contributed by atoms with E-state index >= 15 is 0 Å². The second kappa shape index (κ2) is 11.3. The number of carboxylic acids is 1. The van der Waals surface area contributed by atoms with Gasteiger partial charge in [0.05, 0.1) is 6.04 Å². The number of H-pyrrole nitrogens is 1. The fraction of sp³-hybridized carbons (Fsp3) is 0.455. The molecule has 3 amide bonds. The van der Waals surface area contributed by atoms with Gasteiger partial charge < -0.3 is 31.8 Å². The van der Waals surface area contributed by atoms with Crippen LogP contribution in [0.15, 0.2) is 30.5 Å². The Morgan fingerprint density at radius 2 is 1.72 bits per heavy atom. The summed E-state index contributed by atoms with van der Waals surface area (Å²) in [6, 6.07) is 4.83. The number of benzene rings is 1. The summed E-state index contributed by atoms with van der Waals surface area (Å²) in [4.78, 5) is 51.4. The van der Waals surface area contributed by atoms with Gasteiger partial charge in [0.1, 0.15) is 18.6 Å². The second-order valence-electron chi connectivity index (χ2n) is 8.20. The number of nitrogens with two attached hydrogens (primary N) is 1. The number of amides is 3. The van der Waals surface area contributed by atoms with Crippen LogP contribution in [0.2, 0.25) is 0 Å². The van der Waals surface area contributed by atoms with Crippen molar-refractivity contribution in [3.63, 3.8) is 0 Å². The average Bonchev–Trinajstić information content (AvgIpc) is 3.13. The summed E-state index contributed by atoms with van der Waals surface area (Å²) >= 11 is 0. The molecule has 0 saturated heterocycles. The fourth-order valence-corrected chi connectivity index (χ4v) is 3.32. The third-order valence-corrected chi connectivity index (χ3v) is 4.96. The van der Waals surface area contributed by atoms with Crippen LogP contribution in [0.4, 0.5) is 0 Å². The highest BCUT2D eigenvalue weighted by Gasteiger charge is 2.27. The lowest BCUT2D eigenvalue weighted by Gasteiger charge is -2.23. The van der Waals surface area contributed by atoms with Crippen LogP contribution in [0.25, 0.3) is 10.9 Å². The van der Waals surface area contributed by atoms with Crippen molar-refractivity contribution >= 4 is 34.6 Å². The molecule has 0 spiro atoms. The van der Waals surface area contributed by atoms with Crippen molar-refractivity contribution in [2.45, 2.75) is 51.7 Å². The lowest BCUT2D eigenvalue weighted by Crippen LogP contribution is -2.56. The molecule has 0 fully saturated rings. The molecule has 0 saturated carbocycles. The number of carbonyl (C=O) groups excluding carboxylic acids is 3. The van der Waals surface area contributed by atoms with Crippen molar-refractivity contribution in [1.82, 2.24) is 20.9 Å². The lowest BCUT2D eigenvalue weighted by atomic mass is 10.0. The molecule has 1 aromatic carbocycles. The van der Waals surface area contributed by atoms with E-state index in [2.05, 4.69) is 20.9 Å². The quantitative estimate of drug-likeness (QED) is 0.290. The molecule has 1 heterocycles. The van der Waals surface area contributed by atoms with Gasteiger partial charge in [-0.3, -0.25) is 19.2 Å². The topological polar surface area (TPSA) is 166 Å². The monoisotopic (exact) mass is 445 g/mol. The molecule has 0 unspecified atom stereocenters. The average molecular weight is 446 g/mol. The van der Waals surface area contributed by atoms with Gasteiger partial charge in [-0.2, -0.15) is 0 Å². The molecule has 0 bridgehead atoms. The summed E-state index contributed by atoms with van der Waals surface area (Å²) < 4.78 is 0. The van der Waals surface area contributed by atoms with Gasteiger partial charge in [-0.15, -0.1) is 0 Å². The van der Waals surface area contributed by atoms with Crippen molar-refractivity contribution < 1.29 is 24.3 Å². The van der Waals surface area contributed by atoms with Crippen molar-refractivity contribution in [2.75, 3.05) is 6.54 Å². The van der Waals surface area contributed by atoms with Gasteiger partial charge in [0.25, 0.3) is 0 Å². The molecule has 10 nitrogen and oxygen atoms in total. The molecule has 10 heteroatoms. The second-order valence-corrected chi connectivity index (χ2v) is 8.20. The number of rotatable bonds is 11. The Morgan fingerprint density at radius 1 is 1.03 bits per heavy atom. The lowest BCUT2D eigenvalue weighted by molar-refractivity contribution is -0.138. The van der Waals surface area contributed by atoms with Gasteiger partial charge in [-0.05, 0) is 30.9 Å². The maximum absolute atomic E-state index is 13.0. The molecule has 7 N–H and O–H groups in total. The van der Waals surface area contributed by atoms with Crippen LogP contribution >= 0.6 is 0 Å². The summed E-state index contributed by atoms with van der Waals surface area (Å²) in [6.45, 7) is 4.77. The van der Waals surface area contributed by atoms with Crippen LogP contribution in [-0.2, 0) is 25.6 Å². The van der Waals surface area contributed by atoms with E-state index in [0.717, 1.165) is 16.5 Å². The first kappa shape index (κ1) is 24.9. The number of aliphatic carboxylic acids is 1. The van der Waals surface area contributed by atoms with Crippen molar-refractivity contribution in [3.8, 4) is 0 Å². The minimum absolute atomic E-state index is 0.180. The van der Waals surface area contributed by atoms with Crippen molar-refractivity contribution in [2.24, 2.45) is 11.7 Å². The van der Waals surface area contributed by atoms with Crippen LogP contribution in [-0.4, -0.2) is 58.5 Å². The zero-order valence-corrected chi connectivity index (χ0v) is 18.5. The fourth-order valence-electron chi connectivity index (χ4n) is 3.32. The largest absolute Gasteiger partial charge is 0.480 e. The minimum Gasteiger partial charge on any atom is -0.480 e. The van der Waals surface area contributed by atoms with Crippen LogP contribution in [0.5, 0.6) is 0 Å². The van der Waals surface area contributed by atoms with E-state index in [1.165, 1.54) is 6.92 Å². The summed E-state index contributed by atoms with van der Waals surface area (Å²) in [5.41, 5.74) is 7.69. The van der Waals surface area contributed by atoms with Crippen LogP contribution in [0.1, 0.15) is 32.8 Å². The number of carboxylic acid groups (broad SMARTS) is 1. The first-order valence-corrected chi connectivity index (χ1v) is 10.5. The molecule has 0 aliphatic carbocycles. The van der Waals surface area contributed by atoms with Gasteiger partial charge in [0.15, 0.2) is 0 Å². The van der Waals surface area contributed by atoms with E-state index in [0.29, 0.717) is 6.42 Å². The molecular formula is C22H31N5O5. The third kappa shape index (κ3) is 7.09. The van der Waals surface area contributed by atoms with E-state index < -0.39 is 48.4 Å². The smallest absolute Gasteiger partial charge is 0.322 e. The molecule has 3 atom stereocenters. The highest BCUT2D eigenvalue weighted by molar-refractivity contribution is 5.94. The number of fused-ring (bicyclic) bond motifs is 1. The Bertz CT molecular complexity index is 971. The van der Waals surface area contributed by atoms with E-state index in [4.69, 9.17) is 10.8 Å². The van der Waals surface area contributed by atoms with Gasteiger partial charge in [0, 0.05) is 23.5 Å². The Morgan fingerprint density at radius 3 is 2.38 bits per heavy atom. The Kier molecular flexibility index (Phi) is 8.77. The van der Waals surface area contributed by atoms with Crippen molar-refractivity contribution in [1.29, 1.82) is 0 Å². The summed E-state index contributed by atoms with van der Waals surface area (Å²) in [6.07, 6.45) is 2.41. The van der Waals surface area contributed by atoms with Gasteiger partial charge in [-0.1, -0.05) is 32.0 Å². The van der Waals surface area contributed by atoms with Crippen LogP contribution < -0.4 is 21.7 Å². The van der Waals surface area contributed by atoms with E-state index in [1.807, 2.05) is 38.1 Å². The molecule has 0 aliphatic heterocycles. The molecule has 32 heavy (non-hydrogen) atoms. The number of aromatic nitrogens is 1. The normalized spacial score (nSPS) is 13.9. The number of carbonyl (C=O) groups is 4. The SMILES string of the molecule is CC(C)C[C@H](N)C(=O)N[C@@H](Cc1c[nH]c2ccccc12)C(=O)N[C@H](C)C(=O)NCC(=O)O. The number of para-hydroxylation sites is 1. The van der Waals surface area contributed by atoms with E-state index in [9.17, 15) is 19.2 Å². The summed E-state index contributed by atoms with van der Waals surface area (Å²) in [5.74, 6) is -2.66. The Hall–Kier alpha value is -3.40. The third-order valence-electron chi connectivity index (χ3n) is 4.96. The summed E-state index contributed by atoms with van der Waals surface area (Å²) in [5, 5.41) is 17.1. The molecule has 174 valence electrons.